The highest BCUT2D eigenvalue weighted by Gasteiger charge is 2.32. The van der Waals surface area contributed by atoms with Crippen molar-refractivity contribution in [1.29, 1.82) is 0 Å². The summed E-state index contributed by atoms with van der Waals surface area (Å²) in [5.41, 5.74) is 3.66. The Hall–Kier alpha value is -4.87. The number of aliphatic carboxylic acids is 3. The summed E-state index contributed by atoms with van der Waals surface area (Å²) in [7, 11) is 0. The maximum Gasteiger partial charge on any atom is 0.328 e. The quantitative estimate of drug-likeness (QED) is 0.241. The number of rotatable bonds is 12. The molecule has 0 aliphatic heterocycles. The van der Waals surface area contributed by atoms with Crippen LogP contribution in [0.1, 0.15) is 45.6 Å². The number of aromatic nitrogens is 4. The largest absolute Gasteiger partial charge is 0.480 e. The first-order valence-electron chi connectivity index (χ1n) is 12.6. The number of tetrazole rings is 1. The second-order valence-corrected chi connectivity index (χ2v) is 9.14. The van der Waals surface area contributed by atoms with Crippen LogP contribution in [0.25, 0.3) is 22.5 Å². The molecule has 40 heavy (non-hydrogen) atoms. The summed E-state index contributed by atoms with van der Waals surface area (Å²) in [4.78, 5) is 45.4. The summed E-state index contributed by atoms with van der Waals surface area (Å²) < 4.78 is 0. The van der Waals surface area contributed by atoms with Gasteiger partial charge in [0, 0.05) is 30.7 Å². The number of H-pyrrole nitrogens is 1. The predicted molar refractivity (Wildman–Crippen MR) is 146 cm³/mol. The molecule has 0 aliphatic rings. The van der Waals surface area contributed by atoms with Crippen LogP contribution in [-0.2, 0) is 25.7 Å². The molecule has 0 unspecified atom stereocenters. The maximum atomic E-state index is 12.9. The number of carbonyl (C=O) groups is 4. The van der Waals surface area contributed by atoms with Crippen molar-refractivity contribution in [2.75, 3.05) is 0 Å². The molecule has 12 heteroatoms. The molecule has 3 aromatic rings. The Kier molecular flexibility index (Phi) is 12.2. The van der Waals surface area contributed by atoms with Crippen LogP contribution >= 0.6 is 0 Å². The summed E-state index contributed by atoms with van der Waals surface area (Å²) in [6.45, 7) is 5.93. The Morgan fingerprint density at radius 1 is 0.925 bits per heavy atom. The van der Waals surface area contributed by atoms with Gasteiger partial charge in [-0.1, -0.05) is 75.7 Å². The predicted octanol–water partition coefficient (Wildman–Crippen LogP) is 3.87. The molecule has 212 valence electrons. The van der Waals surface area contributed by atoms with Gasteiger partial charge in [-0.2, -0.15) is 5.21 Å². The molecule has 0 spiro atoms. The van der Waals surface area contributed by atoms with Gasteiger partial charge in [-0.25, -0.2) is 14.4 Å². The van der Waals surface area contributed by atoms with Gasteiger partial charge in [-0.3, -0.25) is 4.79 Å². The average molecular weight is 552 g/mol. The third-order valence-electron chi connectivity index (χ3n) is 5.78. The van der Waals surface area contributed by atoms with Gasteiger partial charge in [0.15, 0.2) is 0 Å². The summed E-state index contributed by atoms with van der Waals surface area (Å²) in [5.74, 6) is -3.30. The van der Waals surface area contributed by atoms with Gasteiger partial charge in [0.1, 0.15) is 6.04 Å². The van der Waals surface area contributed by atoms with Gasteiger partial charge >= 0.3 is 17.9 Å². The maximum absolute atomic E-state index is 12.9. The number of aromatic amines is 1. The molecule has 1 aromatic heterocycles. The first-order chi connectivity index (χ1) is 19.0. The Bertz CT molecular complexity index is 1290. The second kappa shape index (κ2) is 15.5. The van der Waals surface area contributed by atoms with E-state index in [1.165, 1.54) is 4.90 Å². The van der Waals surface area contributed by atoms with Crippen molar-refractivity contribution in [2.45, 2.75) is 52.6 Å². The van der Waals surface area contributed by atoms with Gasteiger partial charge in [0.2, 0.25) is 11.7 Å². The summed E-state index contributed by atoms with van der Waals surface area (Å²) >= 11 is 0. The van der Waals surface area contributed by atoms with E-state index in [1.54, 1.807) is 0 Å². The molecule has 1 amide bonds. The first-order valence-corrected chi connectivity index (χ1v) is 12.6. The van der Waals surface area contributed by atoms with Crippen molar-refractivity contribution >= 4 is 23.8 Å². The molecule has 0 aliphatic carbocycles. The monoisotopic (exact) mass is 551 g/mol. The number of carbonyl (C=O) groups excluding carboxylic acids is 1. The Morgan fingerprint density at radius 2 is 1.52 bits per heavy atom. The van der Waals surface area contributed by atoms with E-state index in [0.29, 0.717) is 24.4 Å². The molecular weight excluding hydrogens is 518 g/mol. The fourth-order valence-corrected chi connectivity index (χ4v) is 3.93. The lowest BCUT2D eigenvalue weighted by molar-refractivity contribution is -0.153. The highest BCUT2D eigenvalue weighted by molar-refractivity contribution is 5.89. The lowest BCUT2D eigenvalue weighted by atomic mass is 9.97. The fourth-order valence-electron chi connectivity index (χ4n) is 3.93. The Labute approximate surface area is 231 Å². The number of nitrogens with one attached hydrogen (secondary N) is 1. The van der Waals surface area contributed by atoms with Crippen LogP contribution in [0.5, 0.6) is 0 Å². The van der Waals surface area contributed by atoms with Crippen molar-refractivity contribution in [2.24, 2.45) is 5.92 Å². The number of carboxylic acid groups (broad SMARTS) is 3. The van der Waals surface area contributed by atoms with E-state index in [0.717, 1.165) is 35.1 Å². The van der Waals surface area contributed by atoms with E-state index in [-0.39, 0.29) is 18.4 Å². The molecule has 0 fully saturated rings. The van der Waals surface area contributed by atoms with Crippen molar-refractivity contribution in [1.82, 2.24) is 25.5 Å². The molecular formula is C28H33N5O7. The zero-order chi connectivity index (χ0) is 29.7. The average Bonchev–Trinajstić information content (AvgIpc) is 3.45. The van der Waals surface area contributed by atoms with Crippen LogP contribution in [0.15, 0.2) is 60.7 Å². The van der Waals surface area contributed by atoms with Crippen molar-refractivity contribution in [3.8, 4) is 22.5 Å². The first kappa shape index (κ1) is 31.3. The highest BCUT2D eigenvalue weighted by Crippen LogP contribution is 2.30. The fraction of sp³-hybridized carbons (Fsp3) is 0.321. The smallest absolute Gasteiger partial charge is 0.328 e. The van der Waals surface area contributed by atoms with Crippen LogP contribution in [0.2, 0.25) is 0 Å². The summed E-state index contributed by atoms with van der Waals surface area (Å²) in [5, 5.41) is 39.7. The standard InChI is InChI=1S/C24H29N5O3.C4H4O4/c1-4-5-10-21(30)29(22(16(2)3)24(31)32)15-17-11-13-18(14-12-17)19-8-6-7-9-20(19)23-25-27-28-26-23;5-3(6)1-2-4(7)8/h6-9,11-14,16,22H,4-5,10,15H2,1-3H3,(H,31,32)(H,25,26,27,28);1-2H,(H,5,6)(H,7,8)/b;2-1-/t22-;/m0./s1. The Balaban J connectivity index is 0.000000611. The molecule has 0 saturated heterocycles. The van der Waals surface area contributed by atoms with Gasteiger partial charge in [-0.05, 0) is 34.2 Å². The minimum atomic E-state index is -1.26. The van der Waals surface area contributed by atoms with E-state index in [1.807, 2.05) is 69.3 Å². The molecule has 2 aromatic carbocycles. The molecule has 1 heterocycles. The molecule has 12 nitrogen and oxygen atoms in total. The lowest BCUT2D eigenvalue weighted by Crippen LogP contribution is -2.47. The summed E-state index contributed by atoms with van der Waals surface area (Å²) in [6.07, 6.45) is 3.09. The van der Waals surface area contributed by atoms with E-state index in [4.69, 9.17) is 10.2 Å². The number of nitrogens with zero attached hydrogens (tertiary/aromatic N) is 4. The number of hydrogen-bond acceptors (Lipinski definition) is 7. The molecule has 3 rings (SSSR count). The molecule has 4 N–H and O–H groups in total. The van der Waals surface area contributed by atoms with Gasteiger partial charge in [-0.15, -0.1) is 10.2 Å². The number of hydrogen-bond donors (Lipinski definition) is 4. The van der Waals surface area contributed by atoms with E-state index < -0.39 is 23.9 Å². The number of benzene rings is 2. The topological polar surface area (TPSA) is 187 Å². The van der Waals surface area contributed by atoms with E-state index in [2.05, 4.69) is 20.6 Å². The van der Waals surface area contributed by atoms with Crippen molar-refractivity contribution in [3.63, 3.8) is 0 Å². The minimum Gasteiger partial charge on any atom is -0.480 e. The number of unbranched alkanes of at least 4 members (excludes halogenated alkanes) is 1. The number of carboxylic acids is 3. The highest BCUT2D eigenvalue weighted by atomic mass is 16.4. The SMILES string of the molecule is CCCCC(=O)N(Cc1ccc(-c2ccccc2-c2nn[nH]n2)cc1)[C@H](C(=O)O)C(C)C.O=C(O)/C=C\C(=O)O. The zero-order valence-corrected chi connectivity index (χ0v) is 22.5. The van der Waals surface area contributed by atoms with E-state index >= 15 is 0 Å². The molecule has 0 radical (unpaired) electrons. The van der Waals surface area contributed by atoms with E-state index in [9.17, 15) is 24.3 Å². The van der Waals surface area contributed by atoms with Crippen LogP contribution in [-0.4, -0.2) is 70.7 Å². The van der Waals surface area contributed by atoms with Crippen LogP contribution in [0.4, 0.5) is 0 Å². The van der Waals surface area contributed by atoms with Crippen LogP contribution in [0, 0.1) is 5.92 Å². The Morgan fingerprint density at radius 3 is 2.00 bits per heavy atom. The van der Waals surface area contributed by atoms with Gasteiger partial charge in [0.05, 0.1) is 0 Å². The lowest BCUT2D eigenvalue weighted by Gasteiger charge is -2.32. The third kappa shape index (κ3) is 9.46. The zero-order valence-electron chi connectivity index (χ0n) is 22.5. The van der Waals surface area contributed by atoms with Crippen molar-refractivity contribution < 1.29 is 34.5 Å². The normalized spacial score (nSPS) is 11.5. The van der Waals surface area contributed by atoms with Crippen molar-refractivity contribution in [3.05, 3.63) is 66.2 Å². The summed E-state index contributed by atoms with van der Waals surface area (Å²) in [6, 6.07) is 14.7. The molecule has 0 saturated carbocycles. The third-order valence-corrected chi connectivity index (χ3v) is 5.78. The second-order valence-electron chi connectivity index (χ2n) is 9.14. The van der Waals surface area contributed by atoms with Gasteiger partial charge in [0.25, 0.3) is 0 Å². The molecule has 0 bridgehead atoms. The van der Waals surface area contributed by atoms with Gasteiger partial charge < -0.3 is 20.2 Å². The van der Waals surface area contributed by atoms with Crippen LogP contribution in [0.3, 0.4) is 0 Å². The molecule has 1 atom stereocenters. The minimum absolute atomic E-state index is 0.125. The number of amides is 1. The van der Waals surface area contributed by atoms with Crippen LogP contribution < -0.4 is 0 Å².